The third-order valence-electron chi connectivity index (χ3n) is 4.18. The van der Waals surface area contributed by atoms with Gasteiger partial charge in [-0.15, -0.1) is 0 Å². The molecule has 30 heavy (non-hydrogen) atoms. The van der Waals surface area contributed by atoms with Gasteiger partial charge < -0.3 is 13.9 Å². The molecule has 0 aliphatic heterocycles. The molecule has 0 bridgehead atoms. The molecule has 3 aromatic rings. The number of halogens is 5. The lowest BCUT2D eigenvalue weighted by molar-refractivity contribution is -0.196. The number of carbonyl (C=O) groups is 1. The van der Waals surface area contributed by atoms with Gasteiger partial charge in [-0.3, -0.25) is 0 Å². The summed E-state index contributed by atoms with van der Waals surface area (Å²) in [6, 6.07) is 5.11. The maximum Gasteiger partial charge on any atom is 0.434 e. The monoisotopic (exact) mass is 429 g/mol. The number of alkyl halides is 5. The Kier molecular flexibility index (Phi) is 5.44. The Labute approximate surface area is 167 Å². The summed E-state index contributed by atoms with van der Waals surface area (Å²) in [7, 11) is 0. The number of fused-ring (bicyclic) bond motifs is 1. The van der Waals surface area contributed by atoms with Gasteiger partial charge in [0.25, 0.3) is 0 Å². The van der Waals surface area contributed by atoms with Gasteiger partial charge in [-0.2, -0.15) is 22.0 Å². The average Bonchev–Trinajstić information content (AvgIpc) is 2.95. The van der Waals surface area contributed by atoms with E-state index in [-0.39, 0.29) is 34.6 Å². The molecule has 10 heteroatoms. The van der Waals surface area contributed by atoms with E-state index < -0.39 is 35.3 Å². The Balaban J connectivity index is 2.04. The number of furan rings is 1. The Bertz CT molecular complexity index is 1100. The van der Waals surface area contributed by atoms with Crippen molar-refractivity contribution >= 4 is 16.9 Å². The highest BCUT2D eigenvalue weighted by Gasteiger charge is 2.46. The van der Waals surface area contributed by atoms with E-state index >= 15 is 0 Å². The summed E-state index contributed by atoms with van der Waals surface area (Å²) in [6.45, 7) is 4.43. The highest BCUT2D eigenvalue weighted by molar-refractivity contribution is 6.04. The van der Waals surface area contributed by atoms with Gasteiger partial charge >= 0.3 is 18.3 Å². The van der Waals surface area contributed by atoms with Crippen molar-refractivity contribution in [2.45, 2.75) is 33.1 Å². The SMILES string of the molecule is CCOC(=O)c1c(C)oc2ccc(OC(F)(F)c3ccc(C)nc3C(F)(F)F)cc12. The lowest BCUT2D eigenvalue weighted by Gasteiger charge is -2.21. The number of hydrogen-bond acceptors (Lipinski definition) is 5. The minimum absolute atomic E-state index is 0.0219. The summed E-state index contributed by atoms with van der Waals surface area (Å²) < 4.78 is 83.9. The van der Waals surface area contributed by atoms with Crippen LogP contribution in [0.2, 0.25) is 0 Å². The molecule has 0 spiro atoms. The van der Waals surface area contributed by atoms with E-state index in [4.69, 9.17) is 9.15 Å². The molecule has 0 fully saturated rings. The first kappa shape index (κ1) is 21.5. The smallest absolute Gasteiger partial charge is 0.434 e. The van der Waals surface area contributed by atoms with Crippen LogP contribution in [-0.2, 0) is 17.0 Å². The summed E-state index contributed by atoms with van der Waals surface area (Å²) in [5.74, 6) is -0.984. The zero-order chi connectivity index (χ0) is 22.3. The van der Waals surface area contributed by atoms with Gasteiger partial charge in [-0.05, 0) is 51.1 Å². The van der Waals surface area contributed by atoms with Crippen molar-refractivity contribution in [2.75, 3.05) is 6.61 Å². The van der Waals surface area contributed by atoms with Crippen LogP contribution >= 0.6 is 0 Å². The van der Waals surface area contributed by atoms with E-state index in [1.807, 2.05) is 0 Å². The van der Waals surface area contributed by atoms with Crippen molar-refractivity contribution in [3.63, 3.8) is 0 Å². The van der Waals surface area contributed by atoms with Crippen molar-refractivity contribution < 1.29 is 40.6 Å². The molecular formula is C20H16F5NO4. The molecule has 0 unspecified atom stereocenters. The number of pyridine rings is 1. The predicted octanol–water partition coefficient (Wildman–Crippen LogP) is 5.77. The predicted molar refractivity (Wildman–Crippen MR) is 95.4 cm³/mol. The molecule has 0 saturated carbocycles. The van der Waals surface area contributed by atoms with Gasteiger partial charge in [0, 0.05) is 11.1 Å². The maximum atomic E-state index is 14.7. The van der Waals surface area contributed by atoms with Crippen LogP contribution in [0.25, 0.3) is 11.0 Å². The highest BCUT2D eigenvalue weighted by atomic mass is 19.4. The van der Waals surface area contributed by atoms with Crippen molar-refractivity contribution in [1.29, 1.82) is 0 Å². The molecule has 0 atom stereocenters. The first-order chi connectivity index (χ1) is 13.9. The molecule has 1 aromatic carbocycles. The number of rotatable bonds is 5. The number of nitrogens with zero attached hydrogens (tertiary/aromatic N) is 1. The van der Waals surface area contributed by atoms with Crippen LogP contribution in [0.4, 0.5) is 22.0 Å². The van der Waals surface area contributed by atoms with Crippen LogP contribution in [0.5, 0.6) is 5.75 Å². The zero-order valence-corrected chi connectivity index (χ0v) is 16.1. The van der Waals surface area contributed by atoms with E-state index in [1.165, 1.54) is 19.9 Å². The van der Waals surface area contributed by atoms with Crippen molar-refractivity contribution in [1.82, 2.24) is 4.98 Å². The lowest BCUT2D eigenvalue weighted by Crippen LogP contribution is -2.27. The third-order valence-corrected chi connectivity index (χ3v) is 4.18. The molecular weight excluding hydrogens is 413 g/mol. The Morgan fingerprint density at radius 2 is 1.80 bits per heavy atom. The lowest BCUT2D eigenvalue weighted by atomic mass is 10.1. The fourth-order valence-electron chi connectivity index (χ4n) is 2.93. The van der Waals surface area contributed by atoms with Crippen molar-refractivity contribution in [3.05, 3.63) is 58.6 Å². The molecule has 5 nitrogen and oxygen atoms in total. The maximum absolute atomic E-state index is 14.7. The zero-order valence-electron chi connectivity index (χ0n) is 16.1. The van der Waals surface area contributed by atoms with Crippen LogP contribution < -0.4 is 4.74 Å². The number of esters is 1. The van der Waals surface area contributed by atoms with Gasteiger partial charge in [-0.1, -0.05) is 0 Å². The highest BCUT2D eigenvalue weighted by Crippen LogP contribution is 2.40. The van der Waals surface area contributed by atoms with Crippen LogP contribution in [-0.4, -0.2) is 17.6 Å². The quantitative estimate of drug-likeness (QED) is 0.381. The Hall–Kier alpha value is -3.17. The average molecular weight is 429 g/mol. The molecule has 0 radical (unpaired) electrons. The van der Waals surface area contributed by atoms with Crippen LogP contribution in [0, 0.1) is 13.8 Å². The van der Waals surface area contributed by atoms with Gasteiger partial charge in [-0.25, -0.2) is 9.78 Å². The summed E-state index contributed by atoms with van der Waals surface area (Å²) in [5, 5.41) is 0.136. The molecule has 2 aromatic heterocycles. The van der Waals surface area contributed by atoms with Gasteiger partial charge in [0.1, 0.15) is 22.7 Å². The number of aromatic nitrogens is 1. The van der Waals surface area contributed by atoms with E-state index in [9.17, 15) is 26.7 Å². The number of carbonyl (C=O) groups excluding carboxylic acids is 1. The minimum Gasteiger partial charge on any atom is -0.462 e. The number of aryl methyl sites for hydroxylation is 2. The molecule has 0 N–H and O–H groups in total. The third kappa shape index (κ3) is 4.07. The first-order valence-electron chi connectivity index (χ1n) is 8.76. The fourth-order valence-corrected chi connectivity index (χ4v) is 2.93. The summed E-state index contributed by atoms with van der Waals surface area (Å²) >= 11 is 0. The fraction of sp³-hybridized carbons (Fsp3) is 0.300. The van der Waals surface area contributed by atoms with Gasteiger partial charge in [0.15, 0.2) is 5.69 Å². The number of ether oxygens (including phenoxy) is 2. The van der Waals surface area contributed by atoms with Crippen LogP contribution in [0.1, 0.15) is 40.0 Å². The number of benzene rings is 1. The second-order valence-electron chi connectivity index (χ2n) is 6.38. The standard InChI is InChI=1S/C20H16F5NO4/c1-4-28-18(27)16-11(3)29-15-8-6-12(9-13(15)16)30-20(24,25)14-7-5-10(2)26-17(14)19(21,22)23/h5-9H,4H2,1-3H3. The normalized spacial score (nSPS) is 12.3. The van der Waals surface area contributed by atoms with E-state index in [0.717, 1.165) is 18.2 Å². The van der Waals surface area contributed by atoms with Crippen LogP contribution in [0.15, 0.2) is 34.7 Å². The summed E-state index contributed by atoms with van der Waals surface area (Å²) in [6.07, 6.45) is -9.45. The van der Waals surface area contributed by atoms with Crippen LogP contribution in [0.3, 0.4) is 0 Å². The largest absolute Gasteiger partial charge is 0.462 e. The van der Waals surface area contributed by atoms with Crippen molar-refractivity contribution in [2.24, 2.45) is 0 Å². The number of hydrogen-bond donors (Lipinski definition) is 0. The molecule has 2 heterocycles. The first-order valence-corrected chi connectivity index (χ1v) is 8.76. The molecule has 0 saturated heterocycles. The summed E-state index contributed by atoms with van der Waals surface area (Å²) in [4.78, 5) is 15.3. The minimum atomic E-state index is -5.10. The van der Waals surface area contributed by atoms with E-state index in [2.05, 4.69) is 9.72 Å². The molecule has 0 aliphatic rings. The summed E-state index contributed by atoms with van der Waals surface area (Å²) in [5.41, 5.74) is -3.00. The Morgan fingerprint density at radius 1 is 1.10 bits per heavy atom. The van der Waals surface area contributed by atoms with Gasteiger partial charge in [0.05, 0.1) is 12.2 Å². The second kappa shape index (κ2) is 7.58. The second-order valence-corrected chi connectivity index (χ2v) is 6.38. The van der Waals surface area contributed by atoms with E-state index in [0.29, 0.717) is 6.07 Å². The van der Waals surface area contributed by atoms with Crippen molar-refractivity contribution in [3.8, 4) is 5.75 Å². The van der Waals surface area contributed by atoms with Gasteiger partial charge in [0.2, 0.25) is 0 Å². The molecule has 0 aliphatic carbocycles. The molecule has 0 amide bonds. The Morgan fingerprint density at radius 3 is 2.43 bits per heavy atom. The van der Waals surface area contributed by atoms with E-state index in [1.54, 1.807) is 6.92 Å². The topological polar surface area (TPSA) is 61.6 Å². The molecule has 3 rings (SSSR count). The molecule has 160 valence electrons.